The molecule has 3 heterocycles. The van der Waals surface area contributed by atoms with Crippen LogP contribution in [0.1, 0.15) is 52.4 Å². The lowest BCUT2D eigenvalue weighted by Gasteiger charge is -2.62. The number of allylic oxidation sites excluding steroid dienone is 4. The molecule has 202 valence electrons. The second-order valence-corrected chi connectivity index (χ2v) is 10.2. The molecule has 3 rings (SSSR count). The maximum absolute atomic E-state index is 13.1. The minimum Gasteiger partial charge on any atom is -0.481 e. The summed E-state index contributed by atoms with van der Waals surface area (Å²) in [6.45, 7) is 3.65. The fourth-order valence-corrected chi connectivity index (χ4v) is 6.18. The SMILES string of the molecule is C/C=C\C=C/N=C[C@H]1N(C)[C@@H](C2=CCCC=N2)C2(C(=O)O)CN(C(CCCC)C(=O)O)CC1(C(=O)O)C2. The Labute approximate surface area is 217 Å². The molecule has 10 heteroatoms. The second-order valence-electron chi connectivity index (χ2n) is 10.2. The van der Waals surface area contributed by atoms with Crippen LogP contribution in [0.25, 0.3) is 0 Å². The number of carboxylic acids is 3. The number of rotatable bonds is 11. The third-order valence-corrected chi connectivity index (χ3v) is 7.82. The van der Waals surface area contributed by atoms with Gasteiger partial charge in [0, 0.05) is 31.7 Å². The normalized spacial score (nSPS) is 31.7. The van der Waals surface area contributed by atoms with Crippen LogP contribution in [0.2, 0.25) is 0 Å². The van der Waals surface area contributed by atoms with Crippen molar-refractivity contribution in [3.8, 4) is 0 Å². The summed E-state index contributed by atoms with van der Waals surface area (Å²) >= 11 is 0. The number of aliphatic imine (C=N–C) groups is 2. The van der Waals surface area contributed by atoms with Crippen molar-refractivity contribution in [1.29, 1.82) is 0 Å². The molecule has 3 unspecified atom stereocenters. The molecule has 0 amide bonds. The number of piperidine rings is 2. The summed E-state index contributed by atoms with van der Waals surface area (Å²) in [5.74, 6) is -3.39. The number of carboxylic acid groups (broad SMARTS) is 3. The largest absolute Gasteiger partial charge is 0.481 e. The summed E-state index contributed by atoms with van der Waals surface area (Å²) in [4.78, 5) is 50.8. The highest BCUT2D eigenvalue weighted by Gasteiger charge is 2.68. The van der Waals surface area contributed by atoms with Crippen molar-refractivity contribution in [2.45, 2.75) is 70.5 Å². The lowest BCUT2D eigenvalue weighted by atomic mass is 9.56. The summed E-state index contributed by atoms with van der Waals surface area (Å²) in [6.07, 6.45) is 15.1. The summed E-state index contributed by atoms with van der Waals surface area (Å²) in [5.41, 5.74) is -2.59. The van der Waals surface area contributed by atoms with Gasteiger partial charge in [-0.15, -0.1) is 0 Å². The number of fused-ring (bicyclic) bond motifs is 2. The van der Waals surface area contributed by atoms with Crippen molar-refractivity contribution in [3.63, 3.8) is 0 Å². The van der Waals surface area contributed by atoms with Crippen LogP contribution in [-0.4, -0.2) is 93.7 Å². The lowest BCUT2D eigenvalue weighted by Crippen LogP contribution is -2.76. The molecule has 2 bridgehead atoms. The molecule has 0 spiro atoms. The summed E-state index contributed by atoms with van der Waals surface area (Å²) in [7, 11) is 1.72. The van der Waals surface area contributed by atoms with Gasteiger partial charge < -0.3 is 15.3 Å². The van der Waals surface area contributed by atoms with E-state index in [1.165, 1.54) is 0 Å². The number of hydrogen-bond donors (Lipinski definition) is 3. The molecule has 3 aliphatic heterocycles. The minimum atomic E-state index is -1.58. The molecule has 10 nitrogen and oxygen atoms in total. The van der Waals surface area contributed by atoms with Gasteiger partial charge in [0.1, 0.15) is 16.9 Å². The van der Waals surface area contributed by atoms with E-state index in [9.17, 15) is 29.7 Å². The highest BCUT2D eigenvalue weighted by atomic mass is 16.4. The molecule has 37 heavy (non-hydrogen) atoms. The molecule has 3 N–H and O–H groups in total. The number of aliphatic carboxylic acids is 3. The fraction of sp³-hybridized carbons (Fsp3) is 0.593. The van der Waals surface area contributed by atoms with Crippen molar-refractivity contribution >= 4 is 30.3 Å². The zero-order valence-electron chi connectivity index (χ0n) is 21.8. The van der Waals surface area contributed by atoms with Gasteiger partial charge in [0.25, 0.3) is 0 Å². The monoisotopic (exact) mass is 514 g/mol. The van der Waals surface area contributed by atoms with Crippen LogP contribution in [0.3, 0.4) is 0 Å². The van der Waals surface area contributed by atoms with Crippen molar-refractivity contribution in [3.05, 3.63) is 36.2 Å². The van der Waals surface area contributed by atoms with Gasteiger partial charge in [-0.2, -0.15) is 0 Å². The average Bonchev–Trinajstić information content (AvgIpc) is 2.86. The van der Waals surface area contributed by atoms with Gasteiger partial charge in [0.2, 0.25) is 0 Å². The Morgan fingerprint density at radius 3 is 2.43 bits per heavy atom. The minimum absolute atomic E-state index is 0.0784. The van der Waals surface area contributed by atoms with Crippen LogP contribution < -0.4 is 0 Å². The quantitative estimate of drug-likeness (QED) is 0.282. The smallest absolute Gasteiger partial charge is 0.320 e. The zero-order valence-corrected chi connectivity index (χ0v) is 21.8. The zero-order chi connectivity index (χ0) is 27.2. The Bertz CT molecular complexity index is 1030. The summed E-state index contributed by atoms with van der Waals surface area (Å²) in [5, 5.41) is 31.4. The maximum atomic E-state index is 13.1. The van der Waals surface area contributed by atoms with Crippen molar-refractivity contribution in [1.82, 2.24) is 9.80 Å². The highest BCUT2D eigenvalue weighted by Crippen LogP contribution is 2.54. The molecule has 2 fully saturated rings. The van der Waals surface area contributed by atoms with Gasteiger partial charge in [-0.05, 0) is 45.7 Å². The molecule has 2 saturated heterocycles. The molecule has 0 aliphatic carbocycles. The van der Waals surface area contributed by atoms with Crippen LogP contribution in [-0.2, 0) is 14.4 Å². The number of unbranched alkanes of at least 4 members (excludes halogenated alkanes) is 1. The van der Waals surface area contributed by atoms with E-state index in [1.54, 1.807) is 47.6 Å². The third kappa shape index (κ3) is 5.45. The van der Waals surface area contributed by atoms with Crippen LogP contribution in [0.15, 0.2) is 46.2 Å². The van der Waals surface area contributed by atoms with Crippen molar-refractivity contribution < 1.29 is 29.7 Å². The molecule has 3 aliphatic rings. The van der Waals surface area contributed by atoms with Gasteiger partial charge in [-0.3, -0.25) is 34.2 Å². The predicted octanol–water partition coefficient (Wildman–Crippen LogP) is 3.07. The summed E-state index contributed by atoms with van der Waals surface area (Å²) < 4.78 is 0. The summed E-state index contributed by atoms with van der Waals surface area (Å²) in [6, 6.07) is -2.54. The Morgan fingerprint density at radius 1 is 1.16 bits per heavy atom. The molecule has 0 aromatic carbocycles. The van der Waals surface area contributed by atoms with E-state index in [0.29, 0.717) is 25.0 Å². The van der Waals surface area contributed by atoms with Crippen LogP contribution >= 0.6 is 0 Å². The van der Waals surface area contributed by atoms with E-state index < -0.39 is 46.9 Å². The molecule has 0 aromatic heterocycles. The number of carbonyl (C=O) groups is 3. The van der Waals surface area contributed by atoms with E-state index in [4.69, 9.17) is 0 Å². The average molecular weight is 515 g/mol. The standard InChI is InChI=1S/C27H38N4O6/c1-4-6-9-13-28-15-21-26(24(34)35)16-27(25(36)37,22(30(21)3)19-11-8-10-14-29-19)18-31(17-26)20(23(32)33)12-7-5-2/h4,6,9,11,13-15,20-22H,5,7-8,10,12,16-18H2,1-3H3,(H,32,33)(H,34,35)(H,36,37)/b6-4-,13-9-,28-15?/t20?,21-,22+,26?,27?/m1/s1. The maximum Gasteiger partial charge on any atom is 0.320 e. The Morgan fingerprint density at radius 2 is 1.86 bits per heavy atom. The van der Waals surface area contributed by atoms with E-state index in [-0.39, 0.29) is 19.5 Å². The Kier molecular flexibility index (Phi) is 9.20. The Balaban J connectivity index is 2.22. The molecule has 5 atom stereocenters. The van der Waals surface area contributed by atoms with E-state index in [2.05, 4.69) is 9.98 Å². The first-order valence-corrected chi connectivity index (χ1v) is 12.8. The van der Waals surface area contributed by atoms with Gasteiger partial charge in [-0.25, -0.2) is 0 Å². The topological polar surface area (TPSA) is 143 Å². The predicted molar refractivity (Wildman–Crippen MR) is 141 cm³/mol. The van der Waals surface area contributed by atoms with Gasteiger partial charge >= 0.3 is 17.9 Å². The van der Waals surface area contributed by atoms with Crippen LogP contribution in [0.5, 0.6) is 0 Å². The first kappa shape index (κ1) is 28.5. The first-order chi connectivity index (χ1) is 17.6. The van der Waals surface area contributed by atoms with E-state index in [0.717, 1.165) is 12.8 Å². The molecule has 0 radical (unpaired) electrons. The second kappa shape index (κ2) is 12.0. The fourth-order valence-electron chi connectivity index (χ4n) is 6.18. The van der Waals surface area contributed by atoms with Gasteiger partial charge in [0.05, 0.1) is 17.8 Å². The molecular formula is C27H38N4O6. The lowest BCUT2D eigenvalue weighted by molar-refractivity contribution is -0.195. The van der Waals surface area contributed by atoms with Crippen LogP contribution in [0, 0.1) is 10.8 Å². The number of likely N-dealkylation sites (N-methyl/N-ethyl adjacent to an activating group) is 1. The van der Waals surface area contributed by atoms with Gasteiger partial charge in [0.15, 0.2) is 0 Å². The highest BCUT2D eigenvalue weighted by molar-refractivity contribution is 5.88. The molecule has 0 aromatic rings. The van der Waals surface area contributed by atoms with Crippen LogP contribution in [0.4, 0.5) is 0 Å². The first-order valence-electron chi connectivity index (χ1n) is 12.8. The Hall–Kier alpha value is -3.11. The molecule has 0 saturated carbocycles. The van der Waals surface area contributed by atoms with E-state index >= 15 is 0 Å². The number of hydrogen-bond acceptors (Lipinski definition) is 7. The van der Waals surface area contributed by atoms with Crippen molar-refractivity contribution in [2.24, 2.45) is 20.8 Å². The number of likely N-dealkylation sites (tertiary alicyclic amines) is 2. The van der Waals surface area contributed by atoms with Gasteiger partial charge in [-0.1, -0.05) is 38.0 Å². The van der Waals surface area contributed by atoms with E-state index in [1.807, 2.05) is 26.0 Å². The number of nitrogens with zero attached hydrogens (tertiary/aromatic N) is 4. The molecular weight excluding hydrogens is 476 g/mol. The van der Waals surface area contributed by atoms with Crippen molar-refractivity contribution in [2.75, 3.05) is 20.1 Å². The third-order valence-electron chi connectivity index (χ3n) is 7.82.